The van der Waals surface area contributed by atoms with Crippen LogP contribution in [0, 0.1) is 6.92 Å². The van der Waals surface area contributed by atoms with Gasteiger partial charge in [0.05, 0.1) is 11.6 Å². The van der Waals surface area contributed by atoms with E-state index in [1.54, 1.807) is 23.5 Å². The monoisotopic (exact) mass is 333 g/mol. The molecule has 0 spiro atoms. The Morgan fingerprint density at radius 1 is 1.39 bits per heavy atom. The van der Waals surface area contributed by atoms with E-state index in [4.69, 9.17) is 5.11 Å². The number of nitrogens with zero attached hydrogens (tertiary/aromatic N) is 2. The van der Waals surface area contributed by atoms with Gasteiger partial charge < -0.3 is 15.3 Å². The average molecular weight is 333 g/mol. The van der Waals surface area contributed by atoms with E-state index in [-0.39, 0.29) is 18.4 Å². The average Bonchev–Trinajstić information content (AvgIpc) is 2.99. The predicted octanol–water partition coefficient (Wildman–Crippen LogP) is 2.41. The predicted molar refractivity (Wildman–Crippen MR) is 94.4 cm³/mol. The molecule has 1 heterocycles. The first-order valence-corrected chi connectivity index (χ1v) is 8.51. The first kappa shape index (κ1) is 17.4. The van der Waals surface area contributed by atoms with E-state index in [1.807, 2.05) is 36.4 Å². The molecule has 0 saturated carbocycles. The molecule has 2 rings (SSSR count). The van der Waals surface area contributed by atoms with Gasteiger partial charge >= 0.3 is 0 Å². The Bertz CT molecular complexity index is 640. The zero-order valence-electron chi connectivity index (χ0n) is 13.7. The molecule has 2 aromatic rings. The second-order valence-electron chi connectivity index (χ2n) is 5.63. The fourth-order valence-corrected chi connectivity index (χ4v) is 3.04. The standard InChI is InChI=1S/C17H23N3O2S/c1-12(17-19-13(2)11-23-17)10-18-16(22)14-4-6-15(7-5-14)20(3)8-9-21/h4-7,11-12,21H,8-10H2,1-3H3,(H,18,22)/t12-/m1/s1. The topological polar surface area (TPSA) is 65.5 Å². The van der Waals surface area contributed by atoms with E-state index in [0.29, 0.717) is 18.7 Å². The molecule has 0 saturated heterocycles. The fraction of sp³-hybridized carbons (Fsp3) is 0.412. The summed E-state index contributed by atoms with van der Waals surface area (Å²) in [4.78, 5) is 18.6. The maximum Gasteiger partial charge on any atom is 0.251 e. The number of carbonyl (C=O) groups excluding carboxylic acids is 1. The first-order chi connectivity index (χ1) is 11.0. The lowest BCUT2D eigenvalue weighted by atomic mass is 10.1. The van der Waals surface area contributed by atoms with E-state index in [9.17, 15) is 4.79 Å². The van der Waals surface area contributed by atoms with Gasteiger partial charge in [0.2, 0.25) is 0 Å². The van der Waals surface area contributed by atoms with Gasteiger partial charge in [-0.3, -0.25) is 4.79 Å². The number of anilines is 1. The van der Waals surface area contributed by atoms with E-state index in [0.717, 1.165) is 16.4 Å². The van der Waals surface area contributed by atoms with Gasteiger partial charge in [-0.2, -0.15) is 0 Å². The van der Waals surface area contributed by atoms with Gasteiger partial charge in [0.1, 0.15) is 0 Å². The third-order valence-electron chi connectivity index (χ3n) is 3.63. The summed E-state index contributed by atoms with van der Waals surface area (Å²) in [6, 6.07) is 7.38. The smallest absolute Gasteiger partial charge is 0.251 e. The molecule has 0 aliphatic heterocycles. The molecule has 0 bridgehead atoms. The van der Waals surface area contributed by atoms with Gasteiger partial charge in [0.25, 0.3) is 5.91 Å². The van der Waals surface area contributed by atoms with Gasteiger partial charge in [-0.1, -0.05) is 6.92 Å². The number of aliphatic hydroxyl groups excluding tert-OH is 1. The Morgan fingerprint density at radius 3 is 2.65 bits per heavy atom. The summed E-state index contributed by atoms with van der Waals surface area (Å²) in [5.74, 6) is 0.120. The summed E-state index contributed by atoms with van der Waals surface area (Å²) in [6.07, 6.45) is 0. The van der Waals surface area contributed by atoms with Crippen LogP contribution in [0.4, 0.5) is 5.69 Å². The third kappa shape index (κ3) is 4.77. The molecule has 0 aliphatic rings. The van der Waals surface area contributed by atoms with Gasteiger partial charge in [-0.05, 0) is 31.2 Å². The highest BCUT2D eigenvalue weighted by Crippen LogP contribution is 2.19. The maximum absolute atomic E-state index is 12.2. The van der Waals surface area contributed by atoms with E-state index in [1.165, 1.54) is 0 Å². The molecule has 0 unspecified atom stereocenters. The summed E-state index contributed by atoms with van der Waals surface area (Å²) >= 11 is 1.63. The van der Waals surface area contributed by atoms with Crippen LogP contribution in [-0.4, -0.2) is 42.7 Å². The molecule has 0 radical (unpaired) electrons. The van der Waals surface area contributed by atoms with Crippen molar-refractivity contribution in [2.75, 3.05) is 31.6 Å². The minimum atomic E-state index is -0.0820. The first-order valence-electron chi connectivity index (χ1n) is 7.63. The molecule has 5 nitrogen and oxygen atoms in total. The molecule has 0 aliphatic carbocycles. The number of hydrogen-bond acceptors (Lipinski definition) is 5. The second kappa shape index (κ2) is 8.08. The molecular weight excluding hydrogens is 310 g/mol. The van der Waals surface area contributed by atoms with Crippen LogP contribution in [0.2, 0.25) is 0 Å². The molecular formula is C17H23N3O2S. The van der Waals surface area contributed by atoms with Crippen molar-refractivity contribution in [3.05, 3.63) is 45.9 Å². The molecule has 124 valence electrons. The van der Waals surface area contributed by atoms with E-state index >= 15 is 0 Å². The van der Waals surface area contributed by atoms with Crippen molar-refractivity contribution in [3.63, 3.8) is 0 Å². The summed E-state index contributed by atoms with van der Waals surface area (Å²) in [5, 5.41) is 15.0. The van der Waals surface area contributed by atoms with E-state index < -0.39 is 0 Å². The van der Waals surface area contributed by atoms with Gasteiger partial charge in [0.15, 0.2) is 0 Å². The van der Waals surface area contributed by atoms with Gasteiger partial charge in [-0.25, -0.2) is 4.98 Å². The number of benzene rings is 1. The highest BCUT2D eigenvalue weighted by Gasteiger charge is 2.12. The number of amides is 1. The summed E-state index contributed by atoms with van der Waals surface area (Å²) in [7, 11) is 1.91. The fourth-order valence-electron chi connectivity index (χ4n) is 2.18. The molecule has 0 fully saturated rings. The van der Waals surface area contributed by atoms with Crippen LogP contribution in [0.15, 0.2) is 29.6 Å². The number of aliphatic hydroxyl groups is 1. The number of rotatable bonds is 7. The van der Waals surface area contributed by atoms with Crippen molar-refractivity contribution in [3.8, 4) is 0 Å². The van der Waals surface area contributed by atoms with Gasteiger partial charge in [-0.15, -0.1) is 11.3 Å². The molecule has 1 amide bonds. The number of hydrogen-bond donors (Lipinski definition) is 2. The minimum absolute atomic E-state index is 0.0820. The lowest BCUT2D eigenvalue weighted by Gasteiger charge is -2.18. The number of nitrogens with one attached hydrogen (secondary N) is 1. The largest absolute Gasteiger partial charge is 0.395 e. The summed E-state index contributed by atoms with van der Waals surface area (Å²) in [6.45, 7) is 5.27. The molecule has 1 atom stereocenters. The maximum atomic E-state index is 12.2. The van der Waals surface area contributed by atoms with Gasteiger partial charge in [0, 0.05) is 48.4 Å². The Labute approximate surface area is 141 Å². The molecule has 2 N–H and O–H groups in total. The number of aryl methyl sites for hydroxylation is 1. The summed E-state index contributed by atoms with van der Waals surface area (Å²) < 4.78 is 0. The van der Waals surface area contributed by atoms with Crippen molar-refractivity contribution in [2.45, 2.75) is 19.8 Å². The van der Waals surface area contributed by atoms with Crippen LogP contribution in [0.1, 0.15) is 33.9 Å². The number of likely N-dealkylation sites (N-methyl/N-ethyl adjacent to an activating group) is 1. The SMILES string of the molecule is Cc1csc([C@H](C)CNC(=O)c2ccc(N(C)CCO)cc2)n1. The summed E-state index contributed by atoms with van der Waals surface area (Å²) in [5.41, 5.74) is 2.63. The van der Waals surface area contributed by atoms with Crippen molar-refractivity contribution in [1.29, 1.82) is 0 Å². The van der Waals surface area contributed by atoms with Crippen molar-refractivity contribution >= 4 is 22.9 Å². The Balaban J connectivity index is 1.90. The van der Waals surface area contributed by atoms with Crippen LogP contribution in [0.3, 0.4) is 0 Å². The van der Waals surface area contributed by atoms with Crippen LogP contribution in [-0.2, 0) is 0 Å². The van der Waals surface area contributed by atoms with Crippen LogP contribution < -0.4 is 10.2 Å². The normalized spacial score (nSPS) is 12.0. The van der Waals surface area contributed by atoms with Crippen LogP contribution in [0.5, 0.6) is 0 Å². The minimum Gasteiger partial charge on any atom is -0.395 e. The molecule has 6 heteroatoms. The lowest BCUT2D eigenvalue weighted by molar-refractivity contribution is 0.0951. The quantitative estimate of drug-likeness (QED) is 0.817. The van der Waals surface area contributed by atoms with Crippen molar-refractivity contribution < 1.29 is 9.90 Å². The Morgan fingerprint density at radius 2 is 2.09 bits per heavy atom. The molecule has 23 heavy (non-hydrogen) atoms. The number of aromatic nitrogens is 1. The number of thiazole rings is 1. The number of carbonyl (C=O) groups is 1. The highest BCUT2D eigenvalue weighted by molar-refractivity contribution is 7.09. The van der Waals surface area contributed by atoms with Crippen LogP contribution in [0.25, 0.3) is 0 Å². The Kier molecular flexibility index (Phi) is 6.12. The zero-order valence-corrected chi connectivity index (χ0v) is 14.6. The van der Waals surface area contributed by atoms with Crippen molar-refractivity contribution in [1.82, 2.24) is 10.3 Å². The second-order valence-corrected chi connectivity index (χ2v) is 6.52. The lowest BCUT2D eigenvalue weighted by Crippen LogP contribution is -2.27. The highest BCUT2D eigenvalue weighted by atomic mass is 32.1. The molecule has 1 aromatic heterocycles. The Hall–Kier alpha value is -1.92. The molecule has 1 aromatic carbocycles. The van der Waals surface area contributed by atoms with Crippen LogP contribution >= 0.6 is 11.3 Å². The third-order valence-corrected chi connectivity index (χ3v) is 4.83. The van der Waals surface area contributed by atoms with Crippen molar-refractivity contribution in [2.24, 2.45) is 0 Å². The zero-order chi connectivity index (χ0) is 16.8. The van der Waals surface area contributed by atoms with E-state index in [2.05, 4.69) is 17.2 Å².